The Morgan fingerprint density at radius 1 is 1.40 bits per heavy atom. The zero-order chi connectivity index (χ0) is 14.7. The van der Waals surface area contributed by atoms with Crippen molar-refractivity contribution in [3.63, 3.8) is 0 Å². The molecule has 0 bridgehead atoms. The minimum Gasteiger partial charge on any atom is -0.299 e. The van der Waals surface area contributed by atoms with Crippen molar-refractivity contribution in [3.8, 4) is 0 Å². The maximum atomic E-state index is 12.0. The number of aromatic amines is 1. The monoisotopic (exact) mass is 310 g/mol. The van der Waals surface area contributed by atoms with E-state index in [4.69, 9.17) is 29.7 Å². The molecule has 0 amide bonds. The van der Waals surface area contributed by atoms with Gasteiger partial charge in [-0.15, -0.1) is 5.11 Å². The van der Waals surface area contributed by atoms with Crippen LogP contribution < -0.4 is 16.8 Å². The summed E-state index contributed by atoms with van der Waals surface area (Å²) in [5.74, 6) is 5.17. The van der Waals surface area contributed by atoms with Crippen LogP contribution in [0, 0.1) is 6.92 Å². The van der Waals surface area contributed by atoms with Crippen LogP contribution in [-0.4, -0.2) is 14.9 Å². The number of hydrazine groups is 1. The molecule has 0 atom stereocenters. The predicted molar refractivity (Wildman–Crippen MR) is 80.7 cm³/mol. The molecule has 104 valence electrons. The Morgan fingerprint density at radius 2 is 2.05 bits per heavy atom. The molecule has 0 aliphatic carbocycles. The van der Waals surface area contributed by atoms with Gasteiger partial charge in [-0.1, -0.05) is 11.6 Å². The number of halogens is 1. The van der Waals surface area contributed by atoms with Crippen molar-refractivity contribution in [1.82, 2.24) is 15.2 Å². The number of nitrogens with two attached hydrogens (primary N) is 1. The fourth-order valence-electron chi connectivity index (χ4n) is 1.48. The lowest BCUT2D eigenvalue weighted by atomic mass is 10.3. The molecule has 0 unspecified atom stereocenters. The third-order valence-corrected chi connectivity index (χ3v) is 3.01. The second kappa shape index (κ2) is 5.95. The number of aryl methyl sites for hydroxylation is 1. The van der Waals surface area contributed by atoms with Crippen LogP contribution in [0.2, 0.25) is 5.02 Å². The van der Waals surface area contributed by atoms with E-state index >= 15 is 0 Å². The van der Waals surface area contributed by atoms with Gasteiger partial charge in [-0.3, -0.25) is 15.3 Å². The van der Waals surface area contributed by atoms with Crippen LogP contribution >= 0.6 is 23.8 Å². The molecule has 0 aliphatic heterocycles. The summed E-state index contributed by atoms with van der Waals surface area (Å²) in [7, 11) is 0. The molecule has 0 aliphatic rings. The number of nitrogens with one attached hydrogen (secondary N) is 2. The summed E-state index contributed by atoms with van der Waals surface area (Å²) in [6, 6.07) is 6.76. The number of nitrogens with zero attached hydrogens (tertiary/aromatic N) is 3. The SMILES string of the molecule is Cc1[nH]n(C(=S)NN)c(=O)c1N=Nc1ccc(Cl)cc1. The average molecular weight is 311 g/mol. The van der Waals surface area contributed by atoms with Gasteiger partial charge in [0.2, 0.25) is 5.11 Å². The van der Waals surface area contributed by atoms with Gasteiger partial charge in [0.15, 0.2) is 5.69 Å². The van der Waals surface area contributed by atoms with Crippen LogP contribution in [0.4, 0.5) is 11.4 Å². The van der Waals surface area contributed by atoms with Gasteiger partial charge in [-0.2, -0.15) is 9.80 Å². The first kappa shape index (κ1) is 14.4. The molecule has 9 heteroatoms. The molecule has 0 radical (unpaired) electrons. The van der Waals surface area contributed by atoms with Crippen molar-refractivity contribution in [2.75, 3.05) is 0 Å². The molecule has 2 rings (SSSR count). The first-order valence-corrected chi connectivity index (χ1v) is 6.31. The molecule has 0 spiro atoms. The van der Waals surface area contributed by atoms with Gasteiger partial charge in [0.25, 0.3) is 0 Å². The maximum absolute atomic E-state index is 12.0. The van der Waals surface area contributed by atoms with Crippen LogP contribution in [0.15, 0.2) is 39.3 Å². The molecular weight excluding hydrogens is 300 g/mol. The van der Waals surface area contributed by atoms with Gasteiger partial charge >= 0.3 is 5.56 Å². The minimum absolute atomic E-state index is 0.0473. The Kier molecular flexibility index (Phi) is 4.28. The maximum Gasteiger partial charge on any atom is 0.301 e. The summed E-state index contributed by atoms with van der Waals surface area (Å²) in [5.41, 5.74) is 3.07. The van der Waals surface area contributed by atoms with Crippen LogP contribution in [0.25, 0.3) is 0 Å². The largest absolute Gasteiger partial charge is 0.301 e. The smallest absolute Gasteiger partial charge is 0.299 e. The average Bonchev–Trinajstić information content (AvgIpc) is 2.73. The summed E-state index contributed by atoms with van der Waals surface area (Å²) in [6.45, 7) is 1.69. The van der Waals surface area contributed by atoms with E-state index in [1.165, 1.54) is 0 Å². The molecule has 0 fully saturated rings. The highest BCUT2D eigenvalue weighted by Gasteiger charge is 2.12. The Balaban J connectivity index is 2.34. The standard InChI is InChI=1S/C11H11ClN6OS/c1-6-9(10(19)18(17-6)11(20)14-13)16-15-8-4-2-7(12)3-5-8/h2-5,17H,13H2,1H3,(H,14,20). The van der Waals surface area contributed by atoms with E-state index in [2.05, 4.69) is 20.8 Å². The number of rotatable bonds is 2. The Labute approximate surface area is 124 Å². The lowest BCUT2D eigenvalue weighted by molar-refractivity contribution is 0.840. The fourth-order valence-corrected chi connectivity index (χ4v) is 1.73. The van der Waals surface area contributed by atoms with E-state index in [1.807, 2.05) is 0 Å². The van der Waals surface area contributed by atoms with Crippen LogP contribution in [0.1, 0.15) is 5.69 Å². The van der Waals surface area contributed by atoms with E-state index in [1.54, 1.807) is 31.2 Å². The number of H-pyrrole nitrogens is 1. The van der Waals surface area contributed by atoms with Crippen molar-refractivity contribution < 1.29 is 0 Å². The van der Waals surface area contributed by atoms with Gasteiger partial charge in [0.1, 0.15) is 0 Å². The second-order valence-corrected chi connectivity index (χ2v) is 4.68. The molecule has 1 heterocycles. The normalized spacial score (nSPS) is 10.9. The van der Waals surface area contributed by atoms with Gasteiger partial charge in [0, 0.05) is 5.02 Å². The number of azo groups is 1. The minimum atomic E-state index is -0.428. The van der Waals surface area contributed by atoms with Crippen molar-refractivity contribution in [2.45, 2.75) is 6.92 Å². The highest BCUT2D eigenvalue weighted by Crippen LogP contribution is 2.19. The molecule has 1 aromatic carbocycles. The molecule has 2 aromatic rings. The van der Waals surface area contributed by atoms with Gasteiger partial charge in [-0.25, -0.2) is 5.84 Å². The van der Waals surface area contributed by atoms with Crippen molar-refractivity contribution in [1.29, 1.82) is 0 Å². The van der Waals surface area contributed by atoms with Crippen LogP contribution in [-0.2, 0) is 0 Å². The zero-order valence-corrected chi connectivity index (χ0v) is 12.0. The molecule has 0 saturated carbocycles. The summed E-state index contributed by atoms with van der Waals surface area (Å²) in [4.78, 5) is 12.0. The molecular formula is C11H11ClN6OS. The first-order chi connectivity index (χ1) is 9.52. The molecule has 20 heavy (non-hydrogen) atoms. The lowest BCUT2D eigenvalue weighted by Gasteiger charge is -1.99. The highest BCUT2D eigenvalue weighted by atomic mass is 35.5. The van der Waals surface area contributed by atoms with Gasteiger partial charge in [-0.05, 0) is 43.4 Å². The number of benzene rings is 1. The number of aromatic nitrogens is 2. The quantitative estimate of drug-likeness (QED) is 0.342. The number of thiocarbonyl (C=S) groups is 1. The second-order valence-electron chi connectivity index (χ2n) is 3.85. The van der Waals surface area contributed by atoms with E-state index in [9.17, 15) is 4.79 Å². The van der Waals surface area contributed by atoms with Crippen LogP contribution in [0.5, 0.6) is 0 Å². The summed E-state index contributed by atoms with van der Waals surface area (Å²) in [5, 5.41) is 11.3. The predicted octanol–water partition coefficient (Wildman–Crippen LogP) is 2.15. The summed E-state index contributed by atoms with van der Waals surface area (Å²) < 4.78 is 1.08. The Morgan fingerprint density at radius 3 is 2.65 bits per heavy atom. The van der Waals surface area contributed by atoms with E-state index < -0.39 is 5.56 Å². The summed E-state index contributed by atoms with van der Waals surface area (Å²) >= 11 is 10.7. The van der Waals surface area contributed by atoms with Crippen molar-refractivity contribution in [3.05, 3.63) is 45.3 Å². The topological polar surface area (TPSA) is 101 Å². The van der Waals surface area contributed by atoms with Crippen LogP contribution in [0.3, 0.4) is 0 Å². The number of hydrogen-bond acceptors (Lipinski definition) is 5. The number of hydrogen-bond donors (Lipinski definition) is 3. The molecule has 7 nitrogen and oxygen atoms in total. The van der Waals surface area contributed by atoms with Crippen molar-refractivity contribution >= 4 is 40.3 Å². The Hall–Kier alpha value is -2.03. The summed E-state index contributed by atoms with van der Waals surface area (Å²) in [6.07, 6.45) is 0. The highest BCUT2D eigenvalue weighted by molar-refractivity contribution is 7.80. The lowest BCUT2D eigenvalue weighted by Crippen LogP contribution is -2.39. The van der Waals surface area contributed by atoms with E-state index in [0.717, 1.165) is 4.68 Å². The molecule has 4 N–H and O–H groups in total. The third-order valence-electron chi connectivity index (χ3n) is 2.46. The van der Waals surface area contributed by atoms with E-state index in [0.29, 0.717) is 16.4 Å². The van der Waals surface area contributed by atoms with Crippen molar-refractivity contribution in [2.24, 2.45) is 16.1 Å². The van der Waals surface area contributed by atoms with E-state index in [-0.39, 0.29) is 10.8 Å². The Bertz CT molecular complexity index is 718. The van der Waals surface area contributed by atoms with Gasteiger partial charge in [0.05, 0.1) is 11.4 Å². The third kappa shape index (κ3) is 2.93. The van der Waals surface area contributed by atoms with Gasteiger partial charge < -0.3 is 0 Å². The first-order valence-electron chi connectivity index (χ1n) is 5.53. The fraction of sp³-hybridized carbons (Fsp3) is 0.0909. The molecule has 0 saturated heterocycles. The zero-order valence-electron chi connectivity index (χ0n) is 10.4. The molecule has 1 aromatic heterocycles.